The second-order valence-corrected chi connectivity index (χ2v) is 8.09. The Labute approximate surface area is 164 Å². The maximum absolute atomic E-state index is 5.84. The van der Waals surface area contributed by atoms with E-state index in [2.05, 4.69) is 53.8 Å². The zero-order valence-electron chi connectivity index (χ0n) is 17.4. The second-order valence-electron chi connectivity index (χ2n) is 8.09. The number of ether oxygens (including phenoxy) is 2. The predicted octanol–water partition coefficient (Wildman–Crippen LogP) is 2.86. The van der Waals surface area contributed by atoms with Crippen LogP contribution in [0.5, 0.6) is 11.5 Å². The van der Waals surface area contributed by atoms with Gasteiger partial charge in [0.15, 0.2) is 11.5 Å². The Kier molecular flexibility index (Phi) is 7.16. The summed E-state index contributed by atoms with van der Waals surface area (Å²) in [6.45, 7) is 12.9. The lowest BCUT2D eigenvalue weighted by Gasteiger charge is -2.36. The minimum absolute atomic E-state index is 0.580. The SMILES string of the molecule is COc1cc(CN2CCC(N3CCN(C)CC3)C2)ccc1OCC=C(C)C. The number of hydrogen-bond acceptors (Lipinski definition) is 5. The monoisotopic (exact) mass is 373 g/mol. The van der Waals surface area contributed by atoms with E-state index < -0.39 is 0 Å². The Morgan fingerprint density at radius 1 is 1.11 bits per heavy atom. The van der Waals surface area contributed by atoms with Crippen molar-refractivity contribution in [3.8, 4) is 11.5 Å². The molecule has 1 atom stereocenters. The van der Waals surface area contributed by atoms with Gasteiger partial charge in [-0.2, -0.15) is 0 Å². The number of likely N-dealkylation sites (tertiary alicyclic amines) is 1. The van der Waals surface area contributed by atoms with Gasteiger partial charge in [-0.25, -0.2) is 0 Å². The van der Waals surface area contributed by atoms with Gasteiger partial charge in [0, 0.05) is 51.9 Å². The van der Waals surface area contributed by atoms with Gasteiger partial charge in [-0.1, -0.05) is 11.6 Å². The van der Waals surface area contributed by atoms with Crippen LogP contribution >= 0.6 is 0 Å². The number of benzene rings is 1. The zero-order valence-corrected chi connectivity index (χ0v) is 17.4. The molecule has 0 aliphatic carbocycles. The van der Waals surface area contributed by atoms with Gasteiger partial charge in [-0.05, 0) is 51.1 Å². The topological polar surface area (TPSA) is 28.2 Å². The number of piperazine rings is 1. The fourth-order valence-electron chi connectivity index (χ4n) is 3.93. The van der Waals surface area contributed by atoms with E-state index in [1.807, 2.05) is 6.07 Å². The molecule has 2 heterocycles. The van der Waals surface area contributed by atoms with Crippen LogP contribution in [0.1, 0.15) is 25.8 Å². The predicted molar refractivity (Wildman–Crippen MR) is 111 cm³/mol. The second kappa shape index (κ2) is 9.58. The van der Waals surface area contributed by atoms with Crippen molar-refractivity contribution in [1.29, 1.82) is 0 Å². The lowest BCUT2D eigenvalue weighted by Crippen LogP contribution is -2.49. The maximum Gasteiger partial charge on any atom is 0.161 e. The molecule has 2 aliphatic heterocycles. The van der Waals surface area contributed by atoms with Crippen LogP contribution < -0.4 is 9.47 Å². The van der Waals surface area contributed by atoms with Gasteiger partial charge in [0.05, 0.1) is 7.11 Å². The number of rotatable bonds is 7. The van der Waals surface area contributed by atoms with Crippen LogP contribution in [0.2, 0.25) is 0 Å². The van der Waals surface area contributed by atoms with Crippen LogP contribution in [0.4, 0.5) is 0 Å². The van der Waals surface area contributed by atoms with Gasteiger partial charge in [-0.3, -0.25) is 9.80 Å². The fourth-order valence-corrected chi connectivity index (χ4v) is 3.93. The molecule has 5 heteroatoms. The first kappa shape index (κ1) is 20.2. The van der Waals surface area contributed by atoms with Crippen LogP contribution in [0.25, 0.3) is 0 Å². The summed E-state index contributed by atoms with van der Waals surface area (Å²) in [5.74, 6) is 1.64. The molecule has 0 aromatic heterocycles. The lowest BCUT2D eigenvalue weighted by molar-refractivity contribution is 0.112. The van der Waals surface area contributed by atoms with E-state index in [4.69, 9.17) is 9.47 Å². The van der Waals surface area contributed by atoms with Crippen molar-refractivity contribution >= 4 is 0 Å². The molecule has 2 saturated heterocycles. The highest BCUT2D eigenvalue weighted by atomic mass is 16.5. The van der Waals surface area contributed by atoms with E-state index in [-0.39, 0.29) is 0 Å². The Hall–Kier alpha value is -1.56. The normalized spacial score (nSPS) is 22.0. The van der Waals surface area contributed by atoms with Gasteiger partial charge in [0.1, 0.15) is 6.61 Å². The van der Waals surface area contributed by atoms with Gasteiger partial charge < -0.3 is 14.4 Å². The number of methoxy groups -OCH3 is 1. The van der Waals surface area contributed by atoms with E-state index in [0.717, 1.165) is 18.0 Å². The number of nitrogens with zero attached hydrogens (tertiary/aromatic N) is 3. The molecule has 5 nitrogen and oxygen atoms in total. The molecular weight excluding hydrogens is 338 g/mol. The van der Waals surface area contributed by atoms with Gasteiger partial charge in [0.2, 0.25) is 0 Å². The molecule has 0 spiro atoms. The smallest absolute Gasteiger partial charge is 0.161 e. The summed E-state index contributed by atoms with van der Waals surface area (Å²) in [4.78, 5) is 7.68. The number of likely N-dealkylation sites (N-methyl/N-ethyl adjacent to an activating group) is 1. The van der Waals surface area contributed by atoms with Crippen LogP contribution in [0, 0.1) is 0 Å². The van der Waals surface area contributed by atoms with Gasteiger partial charge >= 0.3 is 0 Å². The molecule has 2 fully saturated rings. The maximum atomic E-state index is 5.84. The molecule has 0 bridgehead atoms. The highest BCUT2D eigenvalue weighted by Crippen LogP contribution is 2.29. The zero-order chi connectivity index (χ0) is 19.2. The molecule has 0 saturated carbocycles. The Morgan fingerprint density at radius 2 is 1.89 bits per heavy atom. The summed E-state index contributed by atoms with van der Waals surface area (Å²) in [5, 5.41) is 0. The average Bonchev–Trinajstić information content (AvgIpc) is 3.11. The van der Waals surface area contributed by atoms with E-state index in [1.54, 1.807) is 7.11 Å². The highest BCUT2D eigenvalue weighted by Gasteiger charge is 2.29. The van der Waals surface area contributed by atoms with Crippen molar-refractivity contribution in [3.05, 3.63) is 35.4 Å². The van der Waals surface area contributed by atoms with Gasteiger partial charge in [-0.15, -0.1) is 0 Å². The minimum atomic E-state index is 0.580. The largest absolute Gasteiger partial charge is 0.493 e. The van der Waals surface area contributed by atoms with Crippen LogP contribution in [0.15, 0.2) is 29.8 Å². The summed E-state index contributed by atoms with van der Waals surface area (Å²) in [5.41, 5.74) is 2.55. The first-order valence-electron chi connectivity index (χ1n) is 10.1. The van der Waals surface area contributed by atoms with E-state index >= 15 is 0 Å². The van der Waals surface area contributed by atoms with E-state index in [0.29, 0.717) is 12.6 Å². The summed E-state index contributed by atoms with van der Waals surface area (Å²) in [6, 6.07) is 7.05. The molecule has 3 rings (SSSR count). The van der Waals surface area contributed by atoms with Crippen molar-refractivity contribution in [3.63, 3.8) is 0 Å². The molecular formula is C22H35N3O2. The van der Waals surface area contributed by atoms with Crippen LogP contribution in [0.3, 0.4) is 0 Å². The fraction of sp³-hybridized carbons (Fsp3) is 0.636. The molecule has 1 aromatic rings. The third-order valence-electron chi connectivity index (χ3n) is 5.67. The molecule has 1 unspecified atom stereocenters. The Balaban J connectivity index is 1.54. The Morgan fingerprint density at radius 3 is 2.59 bits per heavy atom. The molecule has 0 radical (unpaired) electrons. The van der Waals surface area contributed by atoms with Gasteiger partial charge in [0.25, 0.3) is 0 Å². The molecule has 1 aromatic carbocycles. The third-order valence-corrected chi connectivity index (χ3v) is 5.67. The quantitative estimate of drug-likeness (QED) is 0.686. The van der Waals surface area contributed by atoms with Crippen LogP contribution in [-0.4, -0.2) is 80.8 Å². The summed E-state index contributed by atoms with van der Waals surface area (Å²) < 4.78 is 11.4. The standard InChI is InChI=1S/C22H35N3O2/c1-18(2)8-14-27-21-6-5-19(15-22(21)26-4)16-24-9-7-20(17-24)25-12-10-23(3)11-13-25/h5-6,8,15,20H,7,9-14,16-17H2,1-4H3. The van der Waals surface area contributed by atoms with E-state index in [9.17, 15) is 0 Å². The molecule has 0 N–H and O–H groups in total. The lowest BCUT2D eigenvalue weighted by atomic mass is 10.2. The molecule has 150 valence electrons. The molecule has 27 heavy (non-hydrogen) atoms. The molecule has 2 aliphatic rings. The average molecular weight is 374 g/mol. The first-order chi connectivity index (χ1) is 13.0. The molecule has 0 amide bonds. The Bertz CT molecular complexity index is 634. The summed E-state index contributed by atoms with van der Waals surface area (Å²) in [6.07, 6.45) is 3.36. The van der Waals surface area contributed by atoms with Crippen LogP contribution in [-0.2, 0) is 6.54 Å². The minimum Gasteiger partial charge on any atom is -0.493 e. The number of allylic oxidation sites excluding steroid dienone is 1. The summed E-state index contributed by atoms with van der Waals surface area (Å²) in [7, 11) is 3.94. The highest BCUT2D eigenvalue weighted by molar-refractivity contribution is 5.43. The van der Waals surface area contributed by atoms with Crippen molar-refractivity contribution in [2.45, 2.75) is 32.9 Å². The summed E-state index contributed by atoms with van der Waals surface area (Å²) >= 11 is 0. The van der Waals surface area contributed by atoms with Crippen molar-refractivity contribution in [2.24, 2.45) is 0 Å². The number of hydrogen-bond donors (Lipinski definition) is 0. The van der Waals surface area contributed by atoms with Crippen molar-refractivity contribution in [1.82, 2.24) is 14.7 Å². The third kappa shape index (κ3) is 5.71. The van der Waals surface area contributed by atoms with Crippen molar-refractivity contribution in [2.75, 3.05) is 60.0 Å². The van der Waals surface area contributed by atoms with E-state index in [1.165, 1.54) is 56.8 Å². The van der Waals surface area contributed by atoms with Crippen molar-refractivity contribution < 1.29 is 9.47 Å². The first-order valence-corrected chi connectivity index (χ1v) is 10.1.